The van der Waals surface area contributed by atoms with Gasteiger partial charge in [0.15, 0.2) is 6.10 Å². The fourth-order valence-electron chi connectivity index (χ4n) is 3.84. The zero-order chi connectivity index (χ0) is 20.8. The van der Waals surface area contributed by atoms with E-state index in [1.54, 1.807) is 0 Å². The first-order valence-corrected chi connectivity index (χ1v) is 11.0. The summed E-state index contributed by atoms with van der Waals surface area (Å²) in [5.74, 6) is 0.00123. The third kappa shape index (κ3) is 3.32. The first-order valence-electron chi connectivity index (χ1n) is 10.2. The quantitative estimate of drug-likeness (QED) is 0.625. The van der Waals surface area contributed by atoms with Gasteiger partial charge < -0.3 is 16.2 Å². The van der Waals surface area contributed by atoms with Gasteiger partial charge in [0.25, 0.3) is 5.91 Å². The van der Waals surface area contributed by atoms with Crippen LogP contribution in [0.5, 0.6) is 0 Å². The van der Waals surface area contributed by atoms with Crippen LogP contribution in [0.15, 0.2) is 54.6 Å². The van der Waals surface area contributed by atoms with E-state index in [9.17, 15) is 4.79 Å². The van der Waals surface area contributed by atoms with Gasteiger partial charge in [-0.15, -0.1) is 11.3 Å². The largest absolute Gasteiger partial charge is 0.439 e. The third-order valence-corrected chi connectivity index (χ3v) is 6.85. The molecule has 30 heavy (non-hydrogen) atoms. The molecule has 0 saturated heterocycles. The van der Waals surface area contributed by atoms with Crippen LogP contribution >= 0.6 is 11.3 Å². The number of nitrogens with zero attached hydrogens (tertiary/aromatic N) is 1. The number of amides is 1. The molecule has 1 amide bonds. The summed E-state index contributed by atoms with van der Waals surface area (Å²) < 4.78 is 0. The molecule has 0 radical (unpaired) electrons. The summed E-state index contributed by atoms with van der Waals surface area (Å²) in [7, 11) is 0. The number of hydrogen-bond donors (Lipinski definition) is 2. The summed E-state index contributed by atoms with van der Waals surface area (Å²) in [6.07, 6.45) is 7.69. The van der Waals surface area contributed by atoms with Gasteiger partial charge >= 0.3 is 0 Å². The number of nitrogens with one attached hydrogen (secondary N) is 1. The van der Waals surface area contributed by atoms with Gasteiger partial charge in [0.05, 0.1) is 22.9 Å². The van der Waals surface area contributed by atoms with Gasteiger partial charge in [0, 0.05) is 11.4 Å². The first kappa shape index (κ1) is 19.0. The number of benzene rings is 1. The molecule has 6 heteroatoms. The lowest BCUT2D eigenvalue weighted by Gasteiger charge is -2.19. The van der Waals surface area contributed by atoms with E-state index in [-0.39, 0.29) is 24.0 Å². The molecule has 3 aromatic rings. The highest BCUT2D eigenvalue weighted by molar-refractivity contribution is 7.21. The molecule has 1 saturated carbocycles. The number of pyridine rings is 1. The molecule has 0 aliphatic heterocycles. The number of nitrogens with two attached hydrogens (primary N) is 1. The Hall–Kier alpha value is -2.96. The van der Waals surface area contributed by atoms with Crippen molar-refractivity contribution in [2.75, 3.05) is 5.73 Å². The number of carbonyl (C=O) groups excluding carboxylic acids is 1. The van der Waals surface area contributed by atoms with Gasteiger partial charge in [-0.1, -0.05) is 49.4 Å². The van der Waals surface area contributed by atoms with Crippen LogP contribution in [0.25, 0.3) is 26.9 Å². The lowest BCUT2D eigenvalue weighted by Crippen LogP contribution is -2.25. The van der Waals surface area contributed by atoms with Gasteiger partial charge in [-0.2, -0.15) is 0 Å². The highest BCUT2D eigenvalue weighted by Crippen LogP contribution is 2.41. The van der Waals surface area contributed by atoms with E-state index < -0.39 is 0 Å². The predicted octanol–water partition coefficient (Wildman–Crippen LogP) is 4.12. The van der Waals surface area contributed by atoms with Crippen LogP contribution in [0.1, 0.15) is 35.1 Å². The number of nitrogen functional groups attached to an aromatic ring is 1. The Balaban J connectivity index is 1.71. The maximum Gasteiger partial charge on any atom is 0.263 e. The minimum absolute atomic E-state index is 0.120. The second kappa shape index (κ2) is 7.38. The van der Waals surface area contributed by atoms with Gasteiger partial charge in [-0.05, 0) is 36.1 Å². The molecule has 2 aromatic heterocycles. The molecule has 0 spiro atoms. The van der Waals surface area contributed by atoms with Crippen molar-refractivity contribution < 1.29 is 9.90 Å². The number of thiophene rings is 1. The Morgan fingerprint density at radius 1 is 1.27 bits per heavy atom. The average molecular weight is 419 g/mol. The monoisotopic (exact) mass is 418 g/mol. The fourth-order valence-corrected chi connectivity index (χ4v) is 4.86. The molecular weight excluding hydrogens is 394 g/mol. The Kier molecular flexibility index (Phi) is 4.68. The topological polar surface area (TPSA) is 90.9 Å². The zero-order valence-corrected chi connectivity index (χ0v) is 17.5. The van der Waals surface area contributed by atoms with E-state index >= 15 is 0 Å². The smallest absolute Gasteiger partial charge is 0.263 e. The number of fused-ring (bicyclic) bond motifs is 1. The molecule has 5 rings (SSSR count). The van der Waals surface area contributed by atoms with E-state index in [0.717, 1.165) is 45.5 Å². The molecule has 1 aromatic carbocycles. The molecule has 2 heterocycles. The maximum absolute atomic E-state index is 12.8. The third-order valence-electron chi connectivity index (χ3n) is 5.75. The summed E-state index contributed by atoms with van der Waals surface area (Å²) >= 11 is 1.34. The van der Waals surface area contributed by atoms with Crippen molar-refractivity contribution in [3.05, 3.63) is 65.2 Å². The molecule has 152 valence electrons. The predicted molar refractivity (Wildman–Crippen MR) is 124 cm³/mol. The van der Waals surface area contributed by atoms with Gasteiger partial charge in [-0.25, -0.2) is 4.98 Å². The zero-order valence-electron chi connectivity index (χ0n) is 16.7. The summed E-state index contributed by atoms with van der Waals surface area (Å²) in [4.78, 5) is 18.9. The molecule has 5 nitrogen and oxygen atoms in total. The highest BCUT2D eigenvalue weighted by Gasteiger charge is 2.30. The summed E-state index contributed by atoms with van der Waals surface area (Å²) in [5.41, 5.74) is 10.6. The van der Waals surface area contributed by atoms with E-state index in [4.69, 9.17) is 15.8 Å². The average Bonchev–Trinajstić information content (AvgIpc) is 3.51. The lowest BCUT2D eigenvalue weighted by molar-refractivity contribution is 0.0956. The molecule has 0 bridgehead atoms. The Morgan fingerprint density at radius 3 is 2.77 bits per heavy atom. The van der Waals surface area contributed by atoms with Crippen LogP contribution in [0, 0.1) is 5.92 Å². The fraction of sp³-hybridized carbons (Fsp3) is 0.250. The lowest BCUT2D eigenvalue weighted by atomic mass is 9.89. The van der Waals surface area contributed by atoms with Crippen LogP contribution in [0.4, 0.5) is 5.69 Å². The van der Waals surface area contributed by atoms with Crippen LogP contribution in [0.3, 0.4) is 0 Å². The SMILES string of the molecule is CC1C=CC=C(c2cc(-c3ccccc3)c3c(N)c(C(=O)NC4CC4)sc3n2)C1[OH2+]. The van der Waals surface area contributed by atoms with Crippen LogP contribution in [-0.4, -0.2) is 28.1 Å². The van der Waals surface area contributed by atoms with Gasteiger partial charge in [0.1, 0.15) is 9.71 Å². The van der Waals surface area contributed by atoms with Crippen molar-refractivity contribution in [1.29, 1.82) is 0 Å². The summed E-state index contributed by atoms with van der Waals surface area (Å²) in [5, 5.41) is 12.5. The number of aromatic nitrogens is 1. The Bertz CT molecular complexity index is 1190. The standard InChI is InChI=1S/C24H23N3O2S/c1-13-6-5-9-16(21(13)28)18-12-17(14-7-3-2-4-8-14)19-20(25)22(30-24(19)27-18)23(29)26-15-10-11-15/h2-9,12-13,15,21,28H,10-11,25H2,1H3,(H,26,29)/p+1. The number of rotatable bonds is 4. The molecule has 2 unspecified atom stereocenters. The molecule has 2 aliphatic carbocycles. The van der Waals surface area contributed by atoms with Crippen LogP contribution in [0.2, 0.25) is 0 Å². The van der Waals surface area contributed by atoms with E-state index in [1.807, 2.05) is 61.5 Å². The molecule has 2 aliphatic rings. The number of anilines is 1. The van der Waals surface area contributed by atoms with E-state index in [1.165, 1.54) is 11.3 Å². The van der Waals surface area contributed by atoms with Crippen molar-refractivity contribution >= 4 is 38.7 Å². The normalized spacial score (nSPS) is 20.9. The minimum Gasteiger partial charge on any atom is -0.439 e. The summed E-state index contributed by atoms with van der Waals surface area (Å²) in [6.45, 7) is 2.04. The van der Waals surface area contributed by atoms with Crippen molar-refractivity contribution in [1.82, 2.24) is 10.3 Å². The van der Waals surface area contributed by atoms with Crippen LogP contribution in [-0.2, 0) is 0 Å². The summed E-state index contributed by atoms with van der Waals surface area (Å²) in [6, 6.07) is 12.3. The van der Waals surface area contributed by atoms with Crippen molar-refractivity contribution in [3.8, 4) is 11.1 Å². The van der Waals surface area contributed by atoms with Crippen molar-refractivity contribution in [2.45, 2.75) is 31.9 Å². The number of carbonyl (C=O) groups is 1. The minimum atomic E-state index is -0.376. The number of hydrogen-bond acceptors (Lipinski definition) is 4. The Morgan fingerprint density at radius 2 is 2.03 bits per heavy atom. The molecule has 5 N–H and O–H groups in total. The van der Waals surface area contributed by atoms with Crippen molar-refractivity contribution in [2.24, 2.45) is 5.92 Å². The van der Waals surface area contributed by atoms with Crippen molar-refractivity contribution in [3.63, 3.8) is 0 Å². The van der Waals surface area contributed by atoms with Gasteiger partial charge in [0.2, 0.25) is 0 Å². The van der Waals surface area contributed by atoms with Gasteiger partial charge in [-0.3, -0.25) is 4.79 Å². The second-order valence-electron chi connectivity index (χ2n) is 8.04. The first-order chi connectivity index (χ1) is 14.5. The molecule has 2 atom stereocenters. The van der Waals surface area contributed by atoms with Crippen LogP contribution < -0.4 is 11.1 Å². The molecular formula is C24H24N3O2S+. The highest BCUT2D eigenvalue weighted by atomic mass is 32.1. The molecule has 1 fully saturated rings. The number of allylic oxidation sites excluding steroid dienone is 2. The second-order valence-corrected chi connectivity index (χ2v) is 9.04. The van der Waals surface area contributed by atoms with E-state index in [0.29, 0.717) is 10.6 Å². The Labute approximate surface area is 178 Å². The van der Waals surface area contributed by atoms with E-state index in [2.05, 4.69) is 5.32 Å². The maximum atomic E-state index is 12.8.